The Balaban J connectivity index is 1.52. The average molecular weight is 337 g/mol. The van der Waals surface area contributed by atoms with Crippen LogP contribution in [0.5, 0.6) is 5.75 Å². The van der Waals surface area contributed by atoms with Crippen molar-refractivity contribution in [2.45, 2.75) is 19.1 Å². The molecule has 0 saturated carbocycles. The van der Waals surface area contributed by atoms with E-state index in [1.165, 1.54) is 11.1 Å². The van der Waals surface area contributed by atoms with Crippen LogP contribution in [0.2, 0.25) is 5.02 Å². The molecular formula is C16H17ClN2O2S. The number of ether oxygens (including phenoxy) is 2. The van der Waals surface area contributed by atoms with Crippen molar-refractivity contribution in [3.63, 3.8) is 0 Å². The molecule has 4 rings (SSSR count). The van der Waals surface area contributed by atoms with Crippen molar-refractivity contribution in [2.75, 3.05) is 26.3 Å². The molecule has 0 spiro atoms. The normalized spacial score (nSPS) is 21.6. The molecule has 0 N–H and O–H groups in total. The van der Waals surface area contributed by atoms with Crippen LogP contribution in [0.3, 0.4) is 0 Å². The number of benzene rings is 1. The number of thiazole rings is 1. The van der Waals surface area contributed by atoms with E-state index >= 15 is 0 Å². The van der Waals surface area contributed by atoms with Gasteiger partial charge >= 0.3 is 0 Å². The third-order valence-electron chi connectivity index (χ3n) is 4.10. The lowest BCUT2D eigenvalue weighted by Gasteiger charge is -2.32. The van der Waals surface area contributed by atoms with Crippen LogP contribution in [0.1, 0.15) is 22.2 Å². The van der Waals surface area contributed by atoms with E-state index in [1.807, 2.05) is 23.7 Å². The lowest BCUT2D eigenvalue weighted by Crippen LogP contribution is -2.37. The molecule has 1 aromatic heterocycles. The summed E-state index contributed by atoms with van der Waals surface area (Å²) in [7, 11) is 0. The number of hydrogen-bond acceptors (Lipinski definition) is 5. The summed E-state index contributed by atoms with van der Waals surface area (Å²) in [5.74, 6) is 1.03. The minimum atomic E-state index is 0.0712. The first-order chi connectivity index (χ1) is 10.8. The van der Waals surface area contributed by atoms with Gasteiger partial charge in [0.2, 0.25) is 0 Å². The first kappa shape index (κ1) is 14.5. The zero-order valence-corrected chi connectivity index (χ0v) is 13.7. The number of halogens is 1. The van der Waals surface area contributed by atoms with Crippen molar-refractivity contribution in [2.24, 2.45) is 0 Å². The predicted octanol–water partition coefficient (Wildman–Crippen LogP) is 3.30. The zero-order valence-electron chi connectivity index (χ0n) is 12.1. The highest BCUT2D eigenvalue weighted by molar-refractivity contribution is 7.09. The van der Waals surface area contributed by atoms with E-state index in [2.05, 4.69) is 9.88 Å². The highest BCUT2D eigenvalue weighted by atomic mass is 35.5. The number of aromatic nitrogens is 1. The van der Waals surface area contributed by atoms with Crippen molar-refractivity contribution in [3.8, 4) is 5.75 Å². The van der Waals surface area contributed by atoms with Gasteiger partial charge < -0.3 is 9.47 Å². The Bertz CT molecular complexity index is 662. The maximum atomic E-state index is 6.25. The summed E-state index contributed by atoms with van der Waals surface area (Å²) >= 11 is 7.90. The van der Waals surface area contributed by atoms with Crippen LogP contribution in [0.15, 0.2) is 23.7 Å². The third kappa shape index (κ3) is 2.86. The number of nitrogens with zero attached hydrogens (tertiary/aromatic N) is 2. The van der Waals surface area contributed by atoms with Gasteiger partial charge in [0.15, 0.2) is 0 Å². The van der Waals surface area contributed by atoms with Gasteiger partial charge in [0.05, 0.1) is 13.2 Å². The second kappa shape index (κ2) is 6.16. The van der Waals surface area contributed by atoms with E-state index in [0.29, 0.717) is 0 Å². The van der Waals surface area contributed by atoms with Gasteiger partial charge in [-0.05, 0) is 17.7 Å². The summed E-state index contributed by atoms with van der Waals surface area (Å²) < 4.78 is 11.7. The Morgan fingerprint density at radius 1 is 1.36 bits per heavy atom. The largest absolute Gasteiger partial charge is 0.493 e. The van der Waals surface area contributed by atoms with E-state index in [1.54, 1.807) is 11.3 Å². The third-order valence-corrected chi connectivity index (χ3v) is 5.18. The lowest BCUT2D eigenvalue weighted by molar-refractivity contribution is -0.0331. The van der Waals surface area contributed by atoms with E-state index in [-0.39, 0.29) is 6.10 Å². The van der Waals surface area contributed by atoms with Gasteiger partial charge in [-0.25, -0.2) is 4.98 Å². The molecule has 1 aromatic carbocycles. The molecule has 1 saturated heterocycles. The smallest absolute Gasteiger partial charge is 0.127 e. The summed E-state index contributed by atoms with van der Waals surface area (Å²) in [6.45, 7) is 4.10. The van der Waals surface area contributed by atoms with Gasteiger partial charge in [0.1, 0.15) is 16.9 Å². The molecule has 116 valence electrons. The fourth-order valence-electron chi connectivity index (χ4n) is 3.09. The molecule has 6 heteroatoms. The summed E-state index contributed by atoms with van der Waals surface area (Å²) in [6.07, 6.45) is 2.86. The molecule has 22 heavy (non-hydrogen) atoms. The Morgan fingerprint density at radius 2 is 2.32 bits per heavy atom. The van der Waals surface area contributed by atoms with Crippen LogP contribution < -0.4 is 4.74 Å². The summed E-state index contributed by atoms with van der Waals surface area (Å²) in [6, 6.07) is 4.05. The van der Waals surface area contributed by atoms with Crippen LogP contribution >= 0.6 is 22.9 Å². The van der Waals surface area contributed by atoms with Crippen LogP contribution in [-0.4, -0.2) is 36.2 Å². The van der Waals surface area contributed by atoms with Gasteiger partial charge in [0.25, 0.3) is 0 Å². The Labute approximate surface area is 138 Å². The molecular weight excluding hydrogens is 320 g/mol. The van der Waals surface area contributed by atoms with Crippen molar-refractivity contribution in [1.29, 1.82) is 0 Å². The molecule has 1 atom stereocenters. The predicted molar refractivity (Wildman–Crippen MR) is 86.7 cm³/mol. The second-order valence-electron chi connectivity index (χ2n) is 5.62. The van der Waals surface area contributed by atoms with Crippen LogP contribution in [0.25, 0.3) is 0 Å². The van der Waals surface area contributed by atoms with E-state index < -0.39 is 0 Å². The van der Waals surface area contributed by atoms with Crippen LogP contribution in [0.4, 0.5) is 0 Å². The Kier molecular flexibility index (Phi) is 4.05. The number of fused-ring (bicyclic) bond motifs is 1. The molecule has 2 aromatic rings. The van der Waals surface area contributed by atoms with Gasteiger partial charge in [-0.3, -0.25) is 4.90 Å². The molecule has 0 amide bonds. The van der Waals surface area contributed by atoms with Crippen molar-refractivity contribution < 1.29 is 9.47 Å². The first-order valence-electron chi connectivity index (χ1n) is 7.47. The van der Waals surface area contributed by atoms with Gasteiger partial charge in [-0.1, -0.05) is 11.6 Å². The Hall–Kier alpha value is -1.14. The SMILES string of the molecule is Clc1cc2c(c(CN3CCO[C@H](c4nccs4)C3)c1)OCC2. The standard InChI is InChI=1S/C16H17ClN2O2S/c17-13-7-11-1-4-21-15(11)12(8-13)9-19-3-5-20-14(10-19)16-18-2-6-22-16/h2,6-8,14H,1,3-5,9-10H2/t14-/m0/s1. The Morgan fingerprint density at radius 3 is 3.18 bits per heavy atom. The molecule has 0 radical (unpaired) electrons. The molecule has 0 aliphatic carbocycles. The zero-order chi connectivity index (χ0) is 14.9. The second-order valence-corrected chi connectivity index (χ2v) is 6.98. The molecule has 3 heterocycles. The average Bonchev–Trinajstić information content (AvgIpc) is 3.18. The van der Waals surface area contributed by atoms with Gasteiger partial charge in [-0.2, -0.15) is 0 Å². The van der Waals surface area contributed by atoms with E-state index in [0.717, 1.165) is 55.0 Å². The fourth-order valence-corrected chi connectivity index (χ4v) is 4.03. The van der Waals surface area contributed by atoms with E-state index in [4.69, 9.17) is 21.1 Å². The van der Waals surface area contributed by atoms with Crippen LogP contribution in [0, 0.1) is 0 Å². The van der Waals surface area contributed by atoms with Crippen molar-refractivity contribution in [1.82, 2.24) is 9.88 Å². The molecule has 0 unspecified atom stereocenters. The quantitative estimate of drug-likeness (QED) is 0.861. The summed E-state index contributed by atoms with van der Waals surface area (Å²) in [4.78, 5) is 6.77. The minimum Gasteiger partial charge on any atom is -0.493 e. The van der Waals surface area contributed by atoms with Crippen molar-refractivity contribution >= 4 is 22.9 Å². The maximum absolute atomic E-state index is 6.25. The van der Waals surface area contributed by atoms with Gasteiger partial charge in [-0.15, -0.1) is 11.3 Å². The van der Waals surface area contributed by atoms with Crippen LogP contribution in [-0.2, 0) is 17.7 Å². The fraction of sp³-hybridized carbons (Fsp3) is 0.438. The maximum Gasteiger partial charge on any atom is 0.127 e. The highest BCUT2D eigenvalue weighted by Crippen LogP contribution is 2.34. The molecule has 4 nitrogen and oxygen atoms in total. The first-order valence-corrected chi connectivity index (χ1v) is 8.73. The highest BCUT2D eigenvalue weighted by Gasteiger charge is 2.26. The molecule has 2 aliphatic rings. The number of morpholine rings is 1. The van der Waals surface area contributed by atoms with Crippen molar-refractivity contribution in [3.05, 3.63) is 44.9 Å². The topological polar surface area (TPSA) is 34.6 Å². The summed E-state index contributed by atoms with van der Waals surface area (Å²) in [5.41, 5.74) is 2.41. The summed E-state index contributed by atoms with van der Waals surface area (Å²) in [5, 5.41) is 3.84. The monoisotopic (exact) mass is 336 g/mol. The minimum absolute atomic E-state index is 0.0712. The number of rotatable bonds is 3. The van der Waals surface area contributed by atoms with E-state index in [9.17, 15) is 0 Å². The molecule has 1 fully saturated rings. The number of hydrogen-bond donors (Lipinski definition) is 0. The van der Waals surface area contributed by atoms with Gasteiger partial charge in [0, 0.05) is 48.2 Å². The lowest BCUT2D eigenvalue weighted by atomic mass is 10.1. The molecule has 0 bridgehead atoms. The molecule has 2 aliphatic heterocycles.